The third-order valence-electron chi connectivity index (χ3n) is 4.05. The molecule has 7 heteroatoms. The Labute approximate surface area is 145 Å². The molecule has 0 radical (unpaired) electrons. The monoisotopic (exact) mass is 365 g/mol. The SMILES string of the molecule is COc1ccc(C(=O)N2CC(S(=O)(=O)c3ccc(Cl)cc3)C2)cc1. The maximum absolute atomic E-state index is 12.5. The van der Waals surface area contributed by atoms with E-state index in [1.54, 1.807) is 43.5 Å². The molecule has 1 amide bonds. The molecule has 2 aromatic carbocycles. The molecule has 1 aliphatic heterocycles. The maximum atomic E-state index is 12.5. The molecule has 1 fully saturated rings. The Morgan fingerprint density at radius 2 is 1.67 bits per heavy atom. The lowest BCUT2D eigenvalue weighted by Gasteiger charge is -2.38. The summed E-state index contributed by atoms with van der Waals surface area (Å²) in [5, 5.41) is -0.0975. The number of carbonyl (C=O) groups excluding carboxylic acids is 1. The number of rotatable bonds is 4. The van der Waals surface area contributed by atoms with Crippen LogP contribution in [0.5, 0.6) is 5.75 Å². The summed E-state index contributed by atoms with van der Waals surface area (Å²) < 4.78 is 30.1. The Bertz CT molecular complexity index is 841. The Morgan fingerprint density at radius 1 is 1.08 bits per heavy atom. The summed E-state index contributed by atoms with van der Waals surface area (Å²) in [6, 6.07) is 12.8. The van der Waals surface area contributed by atoms with Crippen LogP contribution in [0.3, 0.4) is 0 Å². The van der Waals surface area contributed by atoms with E-state index in [1.165, 1.54) is 17.0 Å². The Balaban J connectivity index is 1.67. The zero-order valence-electron chi connectivity index (χ0n) is 13.0. The van der Waals surface area contributed by atoms with Crippen LogP contribution >= 0.6 is 11.6 Å². The van der Waals surface area contributed by atoms with Gasteiger partial charge < -0.3 is 9.64 Å². The minimum absolute atomic E-state index is 0.180. The lowest BCUT2D eigenvalue weighted by atomic mass is 10.1. The van der Waals surface area contributed by atoms with Gasteiger partial charge in [0.2, 0.25) is 0 Å². The lowest BCUT2D eigenvalue weighted by molar-refractivity contribution is 0.0659. The number of halogens is 1. The number of sulfone groups is 1. The van der Waals surface area contributed by atoms with Crippen molar-refractivity contribution in [1.82, 2.24) is 4.90 Å². The van der Waals surface area contributed by atoms with E-state index < -0.39 is 15.1 Å². The highest BCUT2D eigenvalue weighted by Gasteiger charge is 2.40. The first-order chi connectivity index (χ1) is 11.4. The smallest absolute Gasteiger partial charge is 0.253 e. The fourth-order valence-corrected chi connectivity index (χ4v) is 4.31. The van der Waals surface area contributed by atoms with E-state index in [9.17, 15) is 13.2 Å². The van der Waals surface area contributed by atoms with Crippen molar-refractivity contribution in [3.8, 4) is 5.75 Å². The molecular formula is C17H16ClNO4S. The fourth-order valence-electron chi connectivity index (χ4n) is 2.53. The second-order valence-corrected chi connectivity index (χ2v) is 8.22. The van der Waals surface area contributed by atoms with Crippen molar-refractivity contribution in [2.45, 2.75) is 10.1 Å². The van der Waals surface area contributed by atoms with E-state index in [1.807, 2.05) is 0 Å². The van der Waals surface area contributed by atoms with Crippen molar-refractivity contribution >= 4 is 27.3 Å². The third kappa shape index (κ3) is 3.12. The summed E-state index contributed by atoms with van der Waals surface area (Å²) in [5.41, 5.74) is 0.512. The van der Waals surface area contributed by atoms with E-state index in [0.29, 0.717) is 16.3 Å². The van der Waals surface area contributed by atoms with Gasteiger partial charge in [-0.2, -0.15) is 0 Å². The number of hydrogen-bond donors (Lipinski definition) is 0. The minimum Gasteiger partial charge on any atom is -0.497 e. The van der Waals surface area contributed by atoms with Crippen LogP contribution in [0.1, 0.15) is 10.4 Å². The highest BCUT2D eigenvalue weighted by atomic mass is 35.5. The number of ether oxygens (including phenoxy) is 1. The highest BCUT2D eigenvalue weighted by molar-refractivity contribution is 7.92. The number of nitrogens with zero attached hydrogens (tertiary/aromatic N) is 1. The van der Waals surface area contributed by atoms with Crippen LogP contribution in [-0.2, 0) is 9.84 Å². The Morgan fingerprint density at radius 3 is 2.21 bits per heavy atom. The molecule has 0 N–H and O–H groups in total. The van der Waals surface area contributed by atoms with Crippen LogP contribution in [0.25, 0.3) is 0 Å². The Hall–Kier alpha value is -2.05. The van der Waals surface area contributed by atoms with Gasteiger partial charge in [0.1, 0.15) is 11.0 Å². The average Bonchev–Trinajstić information content (AvgIpc) is 2.53. The molecule has 0 atom stereocenters. The van der Waals surface area contributed by atoms with Crippen LogP contribution in [0.15, 0.2) is 53.4 Å². The number of hydrogen-bond acceptors (Lipinski definition) is 4. The highest BCUT2D eigenvalue weighted by Crippen LogP contribution is 2.26. The molecular weight excluding hydrogens is 350 g/mol. The molecule has 24 heavy (non-hydrogen) atoms. The summed E-state index contributed by atoms with van der Waals surface area (Å²) in [4.78, 5) is 14.1. The van der Waals surface area contributed by atoms with Crippen LogP contribution < -0.4 is 4.74 Å². The van der Waals surface area contributed by atoms with Gasteiger partial charge in [0.25, 0.3) is 5.91 Å². The van der Waals surface area contributed by atoms with E-state index >= 15 is 0 Å². The predicted molar refractivity (Wildman–Crippen MR) is 91.3 cm³/mol. The standard InChI is InChI=1S/C17H16ClNO4S/c1-23-14-6-2-12(3-7-14)17(20)19-10-16(11-19)24(21,22)15-8-4-13(18)5-9-15/h2-9,16H,10-11H2,1H3. The number of amides is 1. The molecule has 1 saturated heterocycles. The first kappa shape index (κ1) is 16.8. The van der Waals surface area contributed by atoms with E-state index in [2.05, 4.69) is 0 Å². The van der Waals surface area contributed by atoms with Gasteiger partial charge in [-0.25, -0.2) is 8.42 Å². The van der Waals surface area contributed by atoms with Crippen LogP contribution in [0.4, 0.5) is 0 Å². The molecule has 0 unspecified atom stereocenters. The summed E-state index contributed by atoms with van der Waals surface area (Å²) in [6.07, 6.45) is 0. The van der Waals surface area contributed by atoms with Gasteiger partial charge in [-0.1, -0.05) is 11.6 Å². The van der Waals surface area contributed by atoms with Crippen molar-refractivity contribution < 1.29 is 17.9 Å². The molecule has 3 rings (SSSR count). The van der Waals surface area contributed by atoms with E-state index in [4.69, 9.17) is 16.3 Å². The largest absolute Gasteiger partial charge is 0.497 e. The van der Waals surface area contributed by atoms with Gasteiger partial charge in [-0.05, 0) is 48.5 Å². The zero-order valence-corrected chi connectivity index (χ0v) is 14.5. The molecule has 0 aliphatic carbocycles. The first-order valence-corrected chi connectivity index (χ1v) is 9.27. The molecule has 2 aromatic rings. The third-order valence-corrected chi connectivity index (χ3v) is 6.41. The van der Waals surface area contributed by atoms with Gasteiger partial charge in [0.05, 0.1) is 12.0 Å². The van der Waals surface area contributed by atoms with E-state index in [-0.39, 0.29) is 23.9 Å². The summed E-state index contributed by atoms with van der Waals surface area (Å²) in [5.74, 6) is 0.485. The van der Waals surface area contributed by atoms with Gasteiger partial charge in [0.15, 0.2) is 9.84 Å². The number of benzene rings is 2. The Kier molecular flexibility index (Phi) is 4.51. The van der Waals surface area contributed by atoms with Crippen molar-refractivity contribution in [3.63, 3.8) is 0 Å². The second kappa shape index (κ2) is 6.45. The minimum atomic E-state index is -3.45. The summed E-state index contributed by atoms with van der Waals surface area (Å²) in [7, 11) is -1.90. The molecule has 0 bridgehead atoms. The number of carbonyl (C=O) groups is 1. The molecule has 0 saturated carbocycles. The van der Waals surface area contributed by atoms with Gasteiger partial charge in [-0.15, -0.1) is 0 Å². The molecule has 0 aromatic heterocycles. The zero-order chi connectivity index (χ0) is 17.3. The first-order valence-electron chi connectivity index (χ1n) is 7.34. The maximum Gasteiger partial charge on any atom is 0.253 e. The van der Waals surface area contributed by atoms with Gasteiger partial charge >= 0.3 is 0 Å². The summed E-state index contributed by atoms with van der Waals surface area (Å²) >= 11 is 5.79. The molecule has 5 nitrogen and oxygen atoms in total. The number of methoxy groups -OCH3 is 1. The van der Waals surface area contributed by atoms with Crippen molar-refractivity contribution in [1.29, 1.82) is 0 Å². The molecule has 1 aliphatic rings. The predicted octanol–water partition coefficient (Wildman–Crippen LogP) is 2.65. The quantitative estimate of drug-likeness (QED) is 0.835. The van der Waals surface area contributed by atoms with Crippen molar-refractivity contribution in [3.05, 3.63) is 59.1 Å². The molecule has 0 spiro atoms. The van der Waals surface area contributed by atoms with E-state index in [0.717, 1.165) is 0 Å². The summed E-state index contributed by atoms with van der Waals surface area (Å²) in [6.45, 7) is 0.381. The average molecular weight is 366 g/mol. The lowest BCUT2D eigenvalue weighted by Crippen LogP contribution is -2.56. The molecule has 126 valence electrons. The van der Waals surface area contributed by atoms with Crippen LogP contribution in [0, 0.1) is 0 Å². The van der Waals surface area contributed by atoms with Crippen molar-refractivity contribution in [2.24, 2.45) is 0 Å². The second-order valence-electron chi connectivity index (χ2n) is 5.56. The van der Waals surface area contributed by atoms with Crippen LogP contribution in [0.2, 0.25) is 5.02 Å². The van der Waals surface area contributed by atoms with Crippen LogP contribution in [-0.4, -0.2) is 44.7 Å². The van der Waals surface area contributed by atoms with Gasteiger partial charge in [0, 0.05) is 23.7 Å². The van der Waals surface area contributed by atoms with Gasteiger partial charge in [-0.3, -0.25) is 4.79 Å². The number of likely N-dealkylation sites (tertiary alicyclic amines) is 1. The topological polar surface area (TPSA) is 63.7 Å². The van der Waals surface area contributed by atoms with Crippen molar-refractivity contribution in [2.75, 3.05) is 20.2 Å². The molecule has 1 heterocycles. The normalized spacial score (nSPS) is 15.0. The fraction of sp³-hybridized carbons (Fsp3) is 0.235.